The van der Waals surface area contributed by atoms with Gasteiger partial charge in [-0.05, 0) is 35.7 Å². The van der Waals surface area contributed by atoms with Gasteiger partial charge in [0.1, 0.15) is 29.6 Å². The third kappa shape index (κ3) is 4.43. The number of quaternary nitrogens is 2. The molecular weight excluding hydrogens is 362 g/mol. The van der Waals surface area contributed by atoms with E-state index in [2.05, 4.69) is 17.5 Å². The summed E-state index contributed by atoms with van der Waals surface area (Å²) in [5.74, 6) is -0.378. The predicted molar refractivity (Wildman–Crippen MR) is 104 cm³/mol. The first kappa shape index (κ1) is 18.3. The number of rotatable bonds is 5. The van der Waals surface area contributed by atoms with Gasteiger partial charge in [-0.1, -0.05) is 30.3 Å². The molecular formula is C22H24F2N2S+2. The Balaban J connectivity index is 1.58. The number of halogens is 2. The van der Waals surface area contributed by atoms with Crippen LogP contribution in [0.5, 0.6) is 0 Å². The van der Waals surface area contributed by atoms with Crippen LogP contribution in [0.4, 0.5) is 8.78 Å². The fourth-order valence-electron chi connectivity index (χ4n) is 4.09. The molecule has 3 aromatic rings. The van der Waals surface area contributed by atoms with Gasteiger partial charge in [0.05, 0.1) is 13.1 Å². The van der Waals surface area contributed by atoms with Gasteiger partial charge in [0.15, 0.2) is 0 Å². The highest BCUT2D eigenvalue weighted by molar-refractivity contribution is 7.09. The quantitative estimate of drug-likeness (QED) is 0.667. The van der Waals surface area contributed by atoms with Crippen LogP contribution in [-0.4, -0.2) is 13.1 Å². The van der Waals surface area contributed by atoms with Gasteiger partial charge in [-0.2, -0.15) is 0 Å². The maximum atomic E-state index is 13.3. The lowest BCUT2D eigenvalue weighted by Crippen LogP contribution is -3.32. The van der Waals surface area contributed by atoms with Crippen molar-refractivity contribution in [3.63, 3.8) is 0 Å². The first-order valence-corrected chi connectivity index (χ1v) is 10.3. The minimum Gasteiger partial charge on any atom is -0.277 e. The first-order chi connectivity index (χ1) is 13.2. The van der Waals surface area contributed by atoms with E-state index in [-0.39, 0.29) is 11.6 Å². The molecule has 5 heteroatoms. The smallest absolute Gasteiger partial charge is 0.250 e. The second-order valence-electron chi connectivity index (χ2n) is 7.22. The van der Waals surface area contributed by atoms with Crippen LogP contribution in [0.25, 0.3) is 0 Å². The van der Waals surface area contributed by atoms with Crippen LogP contribution in [0, 0.1) is 11.6 Å². The van der Waals surface area contributed by atoms with E-state index in [0.717, 1.165) is 43.7 Å². The summed E-state index contributed by atoms with van der Waals surface area (Å²) in [6.07, 6.45) is 1.49. The molecule has 0 radical (unpaired) electrons. The predicted octanol–water partition coefficient (Wildman–Crippen LogP) is 2.60. The molecule has 0 amide bonds. The molecule has 1 aliphatic heterocycles. The third-order valence-corrected chi connectivity index (χ3v) is 6.27. The molecule has 1 saturated heterocycles. The Kier molecular flexibility index (Phi) is 5.62. The van der Waals surface area contributed by atoms with Crippen molar-refractivity contribution in [2.45, 2.75) is 25.7 Å². The molecule has 2 nitrogen and oxygen atoms in total. The second-order valence-corrected chi connectivity index (χ2v) is 8.20. The summed E-state index contributed by atoms with van der Waals surface area (Å²) in [6, 6.07) is 18.1. The average Bonchev–Trinajstić information content (AvgIpc) is 3.20. The lowest BCUT2D eigenvalue weighted by Gasteiger charge is -2.37. The van der Waals surface area contributed by atoms with E-state index in [1.807, 2.05) is 24.3 Å². The SMILES string of the molecule is Fc1ccc(C[NH+]2CCC[NH+](Cc3ccc(F)cc3)C2c2cccs2)cc1. The molecule has 2 N–H and O–H groups in total. The molecule has 0 bridgehead atoms. The second kappa shape index (κ2) is 8.30. The fraction of sp³-hybridized carbons (Fsp3) is 0.273. The van der Waals surface area contributed by atoms with Crippen molar-refractivity contribution in [1.29, 1.82) is 0 Å². The molecule has 2 aromatic carbocycles. The van der Waals surface area contributed by atoms with E-state index in [4.69, 9.17) is 0 Å². The van der Waals surface area contributed by atoms with Gasteiger partial charge in [-0.25, -0.2) is 8.78 Å². The minimum absolute atomic E-state index is 0.189. The van der Waals surface area contributed by atoms with Crippen molar-refractivity contribution in [2.24, 2.45) is 0 Å². The van der Waals surface area contributed by atoms with Gasteiger partial charge in [0.2, 0.25) is 6.17 Å². The molecule has 140 valence electrons. The Hall–Kier alpha value is -2.08. The summed E-state index contributed by atoms with van der Waals surface area (Å²) in [5.41, 5.74) is 2.33. The van der Waals surface area contributed by atoms with Crippen LogP contribution in [0.1, 0.15) is 28.6 Å². The van der Waals surface area contributed by atoms with E-state index >= 15 is 0 Å². The van der Waals surface area contributed by atoms with Crippen LogP contribution in [-0.2, 0) is 13.1 Å². The van der Waals surface area contributed by atoms with Gasteiger partial charge < -0.3 is 0 Å². The van der Waals surface area contributed by atoms with Gasteiger partial charge in [0, 0.05) is 17.5 Å². The monoisotopic (exact) mass is 386 g/mol. The molecule has 2 unspecified atom stereocenters. The number of nitrogens with one attached hydrogen (secondary N) is 2. The largest absolute Gasteiger partial charge is 0.277 e. The van der Waals surface area contributed by atoms with Crippen LogP contribution < -0.4 is 9.80 Å². The molecule has 0 aliphatic carbocycles. The van der Waals surface area contributed by atoms with Gasteiger partial charge >= 0.3 is 0 Å². The van der Waals surface area contributed by atoms with Crippen LogP contribution in [0.2, 0.25) is 0 Å². The maximum absolute atomic E-state index is 13.3. The molecule has 0 spiro atoms. The van der Waals surface area contributed by atoms with Crippen molar-refractivity contribution >= 4 is 11.3 Å². The standard InChI is InChI=1S/C22H22F2N2S/c23-19-8-4-17(5-9-19)15-25-12-2-13-26(22(25)21-3-1-14-27-21)16-18-6-10-20(24)11-7-18/h1,3-11,14,22H,2,12-13,15-16H2/p+2. The Labute approximate surface area is 162 Å². The van der Waals surface area contributed by atoms with E-state index < -0.39 is 0 Å². The fourth-order valence-corrected chi connectivity index (χ4v) is 5.03. The van der Waals surface area contributed by atoms with Gasteiger partial charge in [-0.15, -0.1) is 11.3 Å². The summed E-state index contributed by atoms with van der Waals surface area (Å²) >= 11 is 1.80. The third-order valence-electron chi connectivity index (χ3n) is 5.33. The zero-order valence-corrected chi connectivity index (χ0v) is 15.9. The molecule has 1 fully saturated rings. The van der Waals surface area contributed by atoms with Crippen molar-refractivity contribution in [2.75, 3.05) is 13.1 Å². The lowest BCUT2D eigenvalue weighted by molar-refractivity contribution is -1.16. The average molecular weight is 387 g/mol. The summed E-state index contributed by atoms with van der Waals surface area (Å²) in [4.78, 5) is 4.39. The molecule has 0 saturated carbocycles. The Morgan fingerprint density at radius 3 is 1.74 bits per heavy atom. The highest BCUT2D eigenvalue weighted by Gasteiger charge is 2.38. The van der Waals surface area contributed by atoms with Crippen LogP contribution >= 0.6 is 11.3 Å². The van der Waals surface area contributed by atoms with Gasteiger partial charge in [0.25, 0.3) is 0 Å². The van der Waals surface area contributed by atoms with E-state index in [1.165, 1.54) is 14.7 Å². The molecule has 2 atom stereocenters. The van der Waals surface area contributed by atoms with Gasteiger partial charge in [-0.3, -0.25) is 9.80 Å². The molecule has 1 aromatic heterocycles. The Morgan fingerprint density at radius 2 is 1.30 bits per heavy atom. The summed E-state index contributed by atoms with van der Waals surface area (Å²) < 4.78 is 26.5. The van der Waals surface area contributed by atoms with Crippen molar-refractivity contribution < 1.29 is 18.6 Å². The Bertz CT molecular complexity index is 792. The number of benzene rings is 2. The van der Waals surface area contributed by atoms with Crippen molar-refractivity contribution in [1.82, 2.24) is 0 Å². The number of hydrogen-bond acceptors (Lipinski definition) is 1. The van der Waals surface area contributed by atoms with E-state index in [9.17, 15) is 8.78 Å². The van der Waals surface area contributed by atoms with Crippen LogP contribution in [0.15, 0.2) is 66.0 Å². The molecule has 2 heterocycles. The van der Waals surface area contributed by atoms with Crippen molar-refractivity contribution in [3.8, 4) is 0 Å². The minimum atomic E-state index is -0.189. The first-order valence-electron chi connectivity index (χ1n) is 9.40. The molecule has 1 aliphatic rings. The molecule has 27 heavy (non-hydrogen) atoms. The summed E-state index contributed by atoms with van der Waals surface area (Å²) in [6.45, 7) is 3.98. The normalized spacial score (nSPS) is 22.7. The number of hydrogen-bond donors (Lipinski definition) is 2. The number of thiophene rings is 1. The zero-order chi connectivity index (χ0) is 18.6. The van der Waals surface area contributed by atoms with Crippen LogP contribution in [0.3, 0.4) is 0 Å². The van der Waals surface area contributed by atoms with E-state index in [0.29, 0.717) is 6.17 Å². The lowest BCUT2D eigenvalue weighted by atomic mass is 10.1. The Morgan fingerprint density at radius 1 is 0.778 bits per heavy atom. The zero-order valence-electron chi connectivity index (χ0n) is 15.1. The topological polar surface area (TPSA) is 8.88 Å². The summed E-state index contributed by atoms with van der Waals surface area (Å²) in [7, 11) is 0. The van der Waals surface area contributed by atoms with Crippen molar-refractivity contribution in [3.05, 3.63) is 93.7 Å². The molecule has 4 rings (SSSR count). The highest BCUT2D eigenvalue weighted by Crippen LogP contribution is 2.15. The summed E-state index contributed by atoms with van der Waals surface area (Å²) in [5, 5.41) is 2.13. The highest BCUT2D eigenvalue weighted by atomic mass is 32.1. The van der Waals surface area contributed by atoms with E-state index in [1.54, 1.807) is 35.6 Å². The maximum Gasteiger partial charge on any atom is 0.250 e.